The van der Waals surface area contributed by atoms with E-state index in [-0.39, 0.29) is 5.91 Å². The van der Waals surface area contributed by atoms with Gasteiger partial charge in [-0.15, -0.1) is 0 Å². The Morgan fingerprint density at radius 2 is 2.00 bits per heavy atom. The molecule has 0 spiro atoms. The number of anilines is 1. The molecule has 0 atom stereocenters. The molecule has 3 heterocycles. The van der Waals surface area contributed by atoms with E-state index in [0.717, 1.165) is 31.6 Å². The third kappa shape index (κ3) is 3.64. The van der Waals surface area contributed by atoms with Crippen LogP contribution in [0.4, 0.5) is 5.82 Å². The summed E-state index contributed by atoms with van der Waals surface area (Å²) in [6, 6.07) is 3.67. The second kappa shape index (κ2) is 7.17. The maximum atomic E-state index is 12.8. The van der Waals surface area contributed by atoms with Gasteiger partial charge in [0.1, 0.15) is 5.82 Å². The van der Waals surface area contributed by atoms with Crippen molar-refractivity contribution in [3.63, 3.8) is 0 Å². The Bertz CT molecular complexity index is 655. The lowest BCUT2D eigenvalue weighted by molar-refractivity contribution is 0.0724. The number of pyridine rings is 1. The smallest absolute Gasteiger partial charge is 0.257 e. The Kier molecular flexibility index (Phi) is 4.80. The normalized spacial score (nSPS) is 14.6. The number of likely N-dealkylation sites (tertiary alicyclic amines) is 1. The molecular formula is C17H21N5O. The molecular weight excluding hydrogens is 290 g/mol. The lowest BCUT2D eigenvalue weighted by Gasteiger charge is -2.28. The maximum Gasteiger partial charge on any atom is 0.257 e. The highest BCUT2D eigenvalue weighted by molar-refractivity contribution is 5.98. The Morgan fingerprint density at radius 3 is 2.74 bits per heavy atom. The van der Waals surface area contributed by atoms with Crippen LogP contribution in [0.2, 0.25) is 0 Å². The summed E-state index contributed by atoms with van der Waals surface area (Å²) in [5.41, 5.74) is 1.50. The van der Waals surface area contributed by atoms with Gasteiger partial charge in [0, 0.05) is 38.7 Å². The molecule has 0 bridgehead atoms. The van der Waals surface area contributed by atoms with Gasteiger partial charge in [0.2, 0.25) is 0 Å². The summed E-state index contributed by atoms with van der Waals surface area (Å²) in [6.45, 7) is 2.23. The first-order valence-electron chi connectivity index (χ1n) is 7.96. The van der Waals surface area contributed by atoms with Crippen LogP contribution in [0.3, 0.4) is 0 Å². The van der Waals surface area contributed by atoms with E-state index in [1.165, 1.54) is 6.42 Å². The van der Waals surface area contributed by atoms with Gasteiger partial charge in [0.15, 0.2) is 0 Å². The lowest BCUT2D eigenvalue weighted by Crippen LogP contribution is -2.36. The molecule has 0 N–H and O–H groups in total. The van der Waals surface area contributed by atoms with Gasteiger partial charge in [-0.05, 0) is 31.4 Å². The first-order chi connectivity index (χ1) is 11.3. The minimum absolute atomic E-state index is 0.0683. The summed E-state index contributed by atoms with van der Waals surface area (Å²) >= 11 is 0. The van der Waals surface area contributed by atoms with Gasteiger partial charge >= 0.3 is 0 Å². The number of carbonyl (C=O) groups is 1. The zero-order valence-electron chi connectivity index (χ0n) is 13.4. The van der Waals surface area contributed by atoms with Crippen LogP contribution in [-0.2, 0) is 6.54 Å². The Hall–Kier alpha value is -2.50. The van der Waals surface area contributed by atoms with Crippen LogP contribution >= 0.6 is 0 Å². The number of aromatic nitrogens is 3. The summed E-state index contributed by atoms with van der Waals surface area (Å²) in [4.78, 5) is 29.5. The summed E-state index contributed by atoms with van der Waals surface area (Å²) in [5.74, 6) is 0.757. The van der Waals surface area contributed by atoms with Gasteiger partial charge in [-0.3, -0.25) is 14.8 Å². The Morgan fingerprint density at radius 1 is 1.17 bits per heavy atom. The molecule has 3 rings (SSSR count). The number of hydrogen-bond acceptors (Lipinski definition) is 5. The van der Waals surface area contributed by atoms with Gasteiger partial charge in [0.05, 0.1) is 24.0 Å². The van der Waals surface area contributed by atoms with Crippen molar-refractivity contribution in [3.05, 3.63) is 48.2 Å². The molecule has 23 heavy (non-hydrogen) atoms. The third-order valence-corrected chi connectivity index (χ3v) is 4.04. The average molecular weight is 311 g/mol. The van der Waals surface area contributed by atoms with E-state index in [2.05, 4.69) is 15.0 Å². The SMILES string of the molecule is CN(Cc1cnccn1)c1ncccc1C(=O)N1CCCCC1. The van der Waals surface area contributed by atoms with Crippen molar-refractivity contribution >= 4 is 11.7 Å². The van der Waals surface area contributed by atoms with Crippen LogP contribution in [-0.4, -0.2) is 45.9 Å². The zero-order valence-corrected chi connectivity index (χ0v) is 13.4. The number of nitrogens with zero attached hydrogens (tertiary/aromatic N) is 5. The van der Waals surface area contributed by atoms with Gasteiger partial charge in [-0.1, -0.05) is 0 Å². The van der Waals surface area contributed by atoms with Crippen LogP contribution in [0, 0.1) is 0 Å². The number of carbonyl (C=O) groups excluding carboxylic acids is 1. The Balaban J connectivity index is 1.80. The highest BCUT2D eigenvalue weighted by atomic mass is 16.2. The third-order valence-electron chi connectivity index (χ3n) is 4.04. The number of hydrogen-bond donors (Lipinski definition) is 0. The zero-order chi connectivity index (χ0) is 16.1. The van der Waals surface area contributed by atoms with Crippen molar-refractivity contribution in [2.24, 2.45) is 0 Å². The van der Waals surface area contributed by atoms with Gasteiger partial charge < -0.3 is 9.80 Å². The van der Waals surface area contributed by atoms with Gasteiger partial charge in [0.25, 0.3) is 5.91 Å². The summed E-state index contributed by atoms with van der Waals surface area (Å²) in [5, 5.41) is 0. The predicted molar refractivity (Wildman–Crippen MR) is 88.1 cm³/mol. The van der Waals surface area contributed by atoms with Crippen molar-refractivity contribution in [2.45, 2.75) is 25.8 Å². The van der Waals surface area contributed by atoms with E-state index in [0.29, 0.717) is 17.9 Å². The summed E-state index contributed by atoms with van der Waals surface area (Å²) in [6.07, 6.45) is 10.1. The molecule has 0 saturated carbocycles. The van der Waals surface area contributed by atoms with Crippen molar-refractivity contribution in [2.75, 3.05) is 25.0 Å². The standard InChI is InChI=1S/C17H21N5O/c1-21(13-14-12-18-8-9-19-14)16-15(6-5-7-20-16)17(23)22-10-3-2-4-11-22/h5-9,12H,2-4,10-11,13H2,1H3. The van der Waals surface area contributed by atoms with E-state index in [9.17, 15) is 4.79 Å². The first kappa shape index (κ1) is 15.4. The molecule has 2 aromatic rings. The Labute approximate surface area is 136 Å². The number of piperidine rings is 1. The fourth-order valence-electron chi connectivity index (χ4n) is 2.86. The minimum atomic E-state index is 0.0683. The fraction of sp³-hybridized carbons (Fsp3) is 0.412. The van der Waals surface area contributed by atoms with Crippen LogP contribution in [0.25, 0.3) is 0 Å². The molecule has 1 aliphatic heterocycles. The predicted octanol–water partition coefficient (Wildman–Crippen LogP) is 2.13. The lowest BCUT2D eigenvalue weighted by atomic mass is 10.1. The van der Waals surface area contributed by atoms with E-state index < -0.39 is 0 Å². The average Bonchev–Trinajstić information content (AvgIpc) is 2.62. The van der Waals surface area contributed by atoms with Crippen LogP contribution in [0.15, 0.2) is 36.9 Å². The molecule has 0 aliphatic carbocycles. The molecule has 1 aliphatic rings. The molecule has 0 radical (unpaired) electrons. The van der Waals surface area contributed by atoms with E-state index >= 15 is 0 Å². The second-order valence-electron chi connectivity index (χ2n) is 5.78. The van der Waals surface area contributed by atoms with Gasteiger partial charge in [-0.25, -0.2) is 4.98 Å². The number of rotatable bonds is 4. The molecule has 1 amide bonds. The highest BCUT2D eigenvalue weighted by Crippen LogP contribution is 2.21. The molecule has 6 nitrogen and oxygen atoms in total. The molecule has 0 unspecified atom stereocenters. The second-order valence-corrected chi connectivity index (χ2v) is 5.78. The van der Waals surface area contributed by atoms with Crippen LogP contribution in [0.5, 0.6) is 0 Å². The molecule has 6 heteroatoms. The van der Waals surface area contributed by atoms with Crippen molar-refractivity contribution in [1.82, 2.24) is 19.9 Å². The monoisotopic (exact) mass is 311 g/mol. The largest absolute Gasteiger partial charge is 0.353 e. The molecule has 120 valence electrons. The van der Waals surface area contributed by atoms with E-state index in [1.807, 2.05) is 29.0 Å². The molecule has 1 fully saturated rings. The maximum absolute atomic E-state index is 12.8. The van der Waals surface area contributed by atoms with Crippen molar-refractivity contribution in [1.29, 1.82) is 0 Å². The van der Waals surface area contributed by atoms with Crippen molar-refractivity contribution in [3.8, 4) is 0 Å². The van der Waals surface area contributed by atoms with Gasteiger partial charge in [-0.2, -0.15) is 0 Å². The first-order valence-corrected chi connectivity index (χ1v) is 7.96. The quantitative estimate of drug-likeness (QED) is 0.865. The van der Waals surface area contributed by atoms with Crippen LogP contribution < -0.4 is 4.90 Å². The highest BCUT2D eigenvalue weighted by Gasteiger charge is 2.22. The summed E-state index contributed by atoms with van der Waals surface area (Å²) < 4.78 is 0. The molecule has 0 aromatic carbocycles. The van der Waals surface area contributed by atoms with Crippen molar-refractivity contribution < 1.29 is 4.79 Å². The van der Waals surface area contributed by atoms with E-state index in [4.69, 9.17) is 0 Å². The number of amides is 1. The van der Waals surface area contributed by atoms with E-state index in [1.54, 1.807) is 24.8 Å². The molecule has 1 saturated heterocycles. The topological polar surface area (TPSA) is 62.2 Å². The van der Waals surface area contributed by atoms with Crippen LogP contribution in [0.1, 0.15) is 35.3 Å². The molecule has 2 aromatic heterocycles. The summed E-state index contributed by atoms with van der Waals surface area (Å²) in [7, 11) is 1.92. The minimum Gasteiger partial charge on any atom is -0.353 e. The fourth-order valence-corrected chi connectivity index (χ4v) is 2.86.